The first kappa shape index (κ1) is 15.1. The topological polar surface area (TPSA) is 66.4 Å². The number of halogens is 1. The molecule has 0 amide bonds. The highest BCUT2D eigenvalue weighted by Gasteiger charge is 2.27. The van der Waals surface area contributed by atoms with Crippen LogP contribution in [0, 0.1) is 5.82 Å². The van der Waals surface area contributed by atoms with Gasteiger partial charge in [0, 0.05) is 0 Å². The molecule has 0 aliphatic heterocycles. The van der Waals surface area contributed by atoms with Gasteiger partial charge in [-0.15, -0.1) is 0 Å². The number of aliphatic hydroxyl groups excluding tert-OH is 1. The van der Waals surface area contributed by atoms with E-state index in [-0.39, 0.29) is 12.4 Å². The summed E-state index contributed by atoms with van der Waals surface area (Å²) in [6.07, 6.45) is 0.478. The maximum absolute atomic E-state index is 12.7. The van der Waals surface area contributed by atoms with Gasteiger partial charge in [-0.25, -0.2) is 17.5 Å². The van der Waals surface area contributed by atoms with E-state index in [1.807, 2.05) is 0 Å². The highest BCUT2D eigenvalue weighted by atomic mass is 32.2. The van der Waals surface area contributed by atoms with E-state index in [1.165, 1.54) is 24.3 Å². The summed E-state index contributed by atoms with van der Waals surface area (Å²) in [5.74, 6) is -0.638. The van der Waals surface area contributed by atoms with Crippen LogP contribution in [0.15, 0.2) is 24.3 Å². The van der Waals surface area contributed by atoms with E-state index in [2.05, 4.69) is 4.72 Å². The van der Waals surface area contributed by atoms with E-state index in [1.54, 1.807) is 13.8 Å². The lowest BCUT2D eigenvalue weighted by atomic mass is 10.0. The summed E-state index contributed by atoms with van der Waals surface area (Å²) < 4.78 is 39.0. The zero-order chi connectivity index (χ0) is 13.8. The lowest BCUT2D eigenvalue weighted by molar-refractivity contribution is 0.191. The second-order valence-corrected chi connectivity index (χ2v) is 6.28. The SMILES string of the molecule is CCC(C)(CO)NS(=O)(=O)Cc1ccc(F)cc1. The normalized spacial score (nSPS) is 15.3. The van der Waals surface area contributed by atoms with Gasteiger partial charge in [0.15, 0.2) is 0 Å². The molecule has 0 heterocycles. The summed E-state index contributed by atoms with van der Waals surface area (Å²) in [6, 6.07) is 5.29. The van der Waals surface area contributed by atoms with Crippen molar-refractivity contribution in [3.05, 3.63) is 35.6 Å². The quantitative estimate of drug-likeness (QED) is 0.825. The Bertz CT molecular complexity index is 481. The summed E-state index contributed by atoms with van der Waals surface area (Å²) in [5.41, 5.74) is -0.362. The Balaban J connectivity index is 2.79. The van der Waals surface area contributed by atoms with Crippen molar-refractivity contribution >= 4 is 10.0 Å². The van der Waals surface area contributed by atoms with Crippen LogP contribution in [0.1, 0.15) is 25.8 Å². The van der Waals surface area contributed by atoms with E-state index in [4.69, 9.17) is 0 Å². The Kier molecular flexibility index (Phi) is 4.84. The summed E-state index contributed by atoms with van der Waals surface area (Å²) in [5, 5.41) is 9.17. The standard InChI is InChI=1S/C12H18FNO3S/c1-3-12(2,9-15)14-18(16,17)8-10-4-6-11(13)7-5-10/h4-7,14-15H,3,8-9H2,1-2H3. The summed E-state index contributed by atoms with van der Waals surface area (Å²) >= 11 is 0. The molecule has 1 aromatic carbocycles. The van der Waals surface area contributed by atoms with Gasteiger partial charge in [0.25, 0.3) is 0 Å². The van der Waals surface area contributed by atoms with Crippen LogP contribution in [0.3, 0.4) is 0 Å². The Labute approximate surface area is 107 Å². The van der Waals surface area contributed by atoms with Crippen molar-refractivity contribution < 1.29 is 17.9 Å². The Hall–Kier alpha value is -0.980. The van der Waals surface area contributed by atoms with Crippen LogP contribution in [0.5, 0.6) is 0 Å². The Morgan fingerprint density at radius 3 is 2.33 bits per heavy atom. The maximum atomic E-state index is 12.7. The van der Waals surface area contributed by atoms with Crippen molar-refractivity contribution in [3.63, 3.8) is 0 Å². The lowest BCUT2D eigenvalue weighted by Gasteiger charge is -2.26. The number of sulfonamides is 1. The first-order chi connectivity index (χ1) is 8.30. The molecular formula is C12H18FNO3S. The van der Waals surface area contributed by atoms with E-state index in [9.17, 15) is 17.9 Å². The number of aliphatic hydroxyl groups is 1. The average molecular weight is 275 g/mol. The van der Waals surface area contributed by atoms with Gasteiger partial charge in [-0.3, -0.25) is 0 Å². The minimum Gasteiger partial charge on any atom is -0.394 e. The fourth-order valence-corrected chi connectivity index (χ4v) is 3.09. The third-order valence-corrected chi connectivity index (χ3v) is 4.32. The molecule has 0 radical (unpaired) electrons. The second kappa shape index (κ2) is 5.77. The van der Waals surface area contributed by atoms with E-state index < -0.39 is 21.4 Å². The largest absolute Gasteiger partial charge is 0.394 e. The van der Waals surface area contributed by atoms with Crippen LogP contribution in [0.25, 0.3) is 0 Å². The van der Waals surface area contributed by atoms with Gasteiger partial charge in [0.2, 0.25) is 10.0 Å². The van der Waals surface area contributed by atoms with Crippen LogP contribution >= 0.6 is 0 Å². The van der Waals surface area contributed by atoms with Crippen molar-refractivity contribution in [2.45, 2.75) is 31.6 Å². The zero-order valence-electron chi connectivity index (χ0n) is 10.5. The number of hydrogen-bond acceptors (Lipinski definition) is 3. The van der Waals surface area contributed by atoms with Crippen LogP contribution in [0.4, 0.5) is 4.39 Å². The summed E-state index contributed by atoms with van der Waals surface area (Å²) in [6.45, 7) is 3.15. The van der Waals surface area contributed by atoms with Crippen molar-refractivity contribution in [1.29, 1.82) is 0 Å². The van der Waals surface area contributed by atoms with Gasteiger partial charge in [0.1, 0.15) is 5.82 Å². The third kappa shape index (κ3) is 4.36. The molecule has 18 heavy (non-hydrogen) atoms. The van der Waals surface area contributed by atoms with Crippen molar-refractivity contribution in [2.24, 2.45) is 0 Å². The highest BCUT2D eigenvalue weighted by Crippen LogP contribution is 2.13. The number of hydrogen-bond donors (Lipinski definition) is 2. The molecule has 102 valence electrons. The molecule has 4 nitrogen and oxygen atoms in total. The molecule has 0 spiro atoms. The zero-order valence-corrected chi connectivity index (χ0v) is 11.3. The predicted octanol–water partition coefficient (Wildman–Crippen LogP) is 1.41. The highest BCUT2D eigenvalue weighted by molar-refractivity contribution is 7.88. The van der Waals surface area contributed by atoms with Gasteiger partial charge >= 0.3 is 0 Å². The van der Waals surface area contributed by atoms with Gasteiger partial charge in [-0.05, 0) is 31.0 Å². The number of nitrogens with one attached hydrogen (secondary N) is 1. The second-order valence-electron chi connectivity index (χ2n) is 4.56. The number of rotatable bonds is 6. The molecule has 0 bridgehead atoms. The lowest BCUT2D eigenvalue weighted by Crippen LogP contribution is -2.48. The first-order valence-corrected chi connectivity index (χ1v) is 7.32. The van der Waals surface area contributed by atoms with Gasteiger partial charge in [-0.2, -0.15) is 0 Å². The molecule has 6 heteroatoms. The molecular weight excluding hydrogens is 257 g/mol. The maximum Gasteiger partial charge on any atom is 0.216 e. The van der Waals surface area contributed by atoms with Crippen molar-refractivity contribution in [1.82, 2.24) is 4.72 Å². The van der Waals surface area contributed by atoms with Crippen LogP contribution < -0.4 is 4.72 Å². The van der Waals surface area contributed by atoms with Crippen molar-refractivity contribution in [3.8, 4) is 0 Å². The smallest absolute Gasteiger partial charge is 0.216 e. The molecule has 0 saturated carbocycles. The first-order valence-electron chi connectivity index (χ1n) is 5.67. The summed E-state index contributed by atoms with van der Waals surface area (Å²) in [7, 11) is -3.56. The third-order valence-electron chi connectivity index (χ3n) is 2.80. The molecule has 1 atom stereocenters. The van der Waals surface area contributed by atoms with Gasteiger partial charge < -0.3 is 5.11 Å². The predicted molar refractivity (Wildman–Crippen MR) is 67.9 cm³/mol. The molecule has 0 aliphatic rings. The van der Waals surface area contributed by atoms with Crippen LogP contribution in [0.2, 0.25) is 0 Å². The van der Waals surface area contributed by atoms with Gasteiger partial charge in [0.05, 0.1) is 17.9 Å². The molecule has 1 unspecified atom stereocenters. The molecule has 0 saturated heterocycles. The number of benzene rings is 1. The van der Waals surface area contributed by atoms with Crippen LogP contribution in [-0.2, 0) is 15.8 Å². The molecule has 0 fully saturated rings. The summed E-state index contributed by atoms with van der Waals surface area (Å²) in [4.78, 5) is 0. The van der Waals surface area contributed by atoms with E-state index in [0.29, 0.717) is 12.0 Å². The fraction of sp³-hybridized carbons (Fsp3) is 0.500. The van der Waals surface area contributed by atoms with E-state index >= 15 is 0 Å². The molecule has 2 N–H and O–H groups in total. The van der Waals surface area contributed by atoms with Crippen molar-refractivity contribution in [2.75, 3.05) is 6.61 Å². The fourth-order valence-electron chi connectivity index (χ4n) is 1.43. The molecule has 0 aliphatic carbocycles. The van der Waals surface area contributed by atoms with E-state index in [0.717, 1.165) is 0 Å². The van der Waals surface area contributed by atoms with Crippen LogP contribution in [-0.4, -0.2) is 25.7 Å². The monoisotopic (exact) mass is 275 g/mol. The Morgan fingerprint density at radius 2 is 1.89 bits per heavy atom. The minimum absolute atomic E-state index is 0.233. The molecule has 1 rings (SSSR count). The minimum atomic E-state index is -3.56. The molecule has 0 aromatic heterocycles. The average Bonchev–Trinajstić information content (AvgIpc) is 2.31. The Morgan fingerprint density at radius 1 is 1.33 bits per heavy atom. The van der Waals surface area contributed by atoms with Gasteiger partial charge in [-0.1, -0.05) is 19.1 Å². The molecule has 1 aromatic rings.